The monoisotopic (exact) mass is 446 g/mol. The third kappa shape index (κ3) is 3.46. The Morgan fingerprint density at radius 1 is 0.970 bits per heavy atom. The predicted molar refractivity (Wildman–Crippen MR) is 120 cm³/mol. The smallest absolute Gasteiger partial charge is 0.254 e. The number of hydrogen-bond acceptors (Lipinski definition) is 6. The summed E-state index contributed by atoms with van der Waals surface area (Å²) in [5, 5.41) is 0. The normalized spacial score (nSPS) is 18.8. The molecule has 2 saturated heterocycles. The number of nitrogens with zero attached hydrogens (tertiary/aromatic N) is 4. The number of hydrogen-bond donors (Lipinski definition) is 0. The average Bonchev–Trinajstić information content (AvgIpc) is 3.20. The van der Waals surface area contributed by atoms with Crippen molar-refractivity contribution in [2.45, 2.75) is 5.41 Å². The molecule has 0 bridgehead atoms. The molecule has 3 aliphatic rings. The van der Waals surface area contributed by atoms with E-state index in [9.17, 15) is 9.18 Å². The van der Waals surface area contributed by atoms with Gasteiger partial charge in [-0.1, -0.05) is 18.2 Å². The van der Waals surface area contributed by atoms with E-state index in [2.05, 4.69) is 14.9 Å². The van der Waals surface area contributed by atoms with Crippen molar-refractivity contribution in [2.24, 2.45) is 0 Å². The first-order valence-electron chi connectivity index (χ1n) is 11.1. The number of rotatable bonds is 3. The van der Waals surface area contributed by atoms with E-state index in [1.165, 1.54) is 12.1 Å². The van der Waals surface area contributed by atoms with Crippen molar-refractivity contribution in [3.63, 3.8) is 0 Å². The van der Waals surface area contributed by atoms with Gasteiger partial charge in [0.15, 0.2) is 0 Å². The van der Waals surface area contributed by atoms with E-state index in [0.717, 1.165) is 22.4 Å². The summed E-state index contributed by atoms with van der Waals surface area (Å²) in [6, 6.07) is 12.3. The number of anilines is 2. The van der Waals surface area contributed by atoms with Gasteiger partial charge in [0.25, 0.3) is 5.91 Å². The number of aromatic nitrogens is 2. The summed E-state index contributed by atoms with van der Waals surface area (Å²) in [4.78, 5) is 26.2. The topological polar surface area (TPSA) is 67.8 Å². The van der Waals surface area contributed by atoms with Crippen LogP contribution in [-0.2, 0) is 14.9 Å². The van der Waals surface area contributed by atoms with Crippen molar-refractivity contribution in [1.82, 2.24) is 14.9 Å². The summed E-state index contributed by atoms with van der Waals surface area (Å²) < 4.78 is 24.6. The van der Waals surface area contributed by atoms with Gasteiger partial charge in [0, 0.05) is 48.8 Å². The Morgan fingerprint density at radius 2 is 1.76 bits per heavy atom. The van der Waals surface area contributed by atoms with Crippen LogP contribution in [0.5, 0.6) is 0 Å². The Bertz CT molecular complexity index is 1210. The van der Waals surface area contributed by atoms with Crippen LogP contribution in [0.2, 0.25) is 0 Å². The Labute approximate surface area is 190 Å². The number of fused-ring (bicyclic) bond motifs is 2. The van der Waals surface area contributed by atoms with E-state index in [1.807, 2.05) is 29.2 Å². The minimum Gasteiger partial charge on any atom is -0.379 e. The van der Waals surface area contributed by atoms with Gasteiger partial charge in [-0.2, -0.15) is 0 Å². The molecule has 0 atom stereocenters. The van der Waals surface area contributed by atoms with Gasteiger partial charge in [0.2, 0.25) is 5.95 Å². The number of benzene rings is 2. The maximum atomic E-state index is 13.6. The number of ether oxygens (including phenoxy) is 2. The molecule has 0 radical (unpaired) electrons. The maximum absolute atomic E-state index is 13.6. The lowest BCUT2D eigenvalue weighted by atomic mass is 9.80. The second-order valence-corrected chi connectivity index (χ2v) is 8.78. The predicted octanol–water partition coefficient (Wildman–Crippen LogP) is 3.17. The Balaban J connectivity index is 1.34. The van der Waals surface area contributed by atoms with Gasteiger partial charge in [0.1, 0.15) is 5.82 Å². The molecule has 1 aromatic heterocycles. The summed E-state index contributed by atoms with van der Waals surface area (Å²) in [5.41, 5.74) is 4.11. The van der Waals surface area contributed by atoms with Crippen LogP contribution in [0.25, 0.3) is 11.1 Å². The number of carbonyl (C=O) groups is 1. The highest BCUT2D eigenvalue weighted by Crippen LogP contribution is 2.47. The molecule has 3 aromatic rings. The first-order valence-corrected chi connectivity index (χ1v) is 11.1. The molecule has 0 saturated carbocycles. The van der Waals surface area contributed by atoms with Gasteiger partial charge in [-0.3, -0.25) is 4.79 Å². The zero-order chi connectivity index (χ0) is 22.4. The summed E-state index contributed by atoms with van der Waals surface area (Å²) in [7, 11) is 0. The van der Waals surface area contributed by atoms with Crippen molar-refractivity contribution < 1.29 is 18.7 Å². The van der Waals surface area contributed by atoms with Gasteiger partial charge >= 0.3 is 0 Å². The molecule has 33 heavy (non-hydrogen) atoms. The Hall–Kier alpha value is -3.36. The van der Waals surface area contributed by atoms with Crippen LogP contribution < -0.4 is 4.90 Å². The second-order valence-electron chi connectivity index (χ2n) is 8.78. The van der Waals surface area contributed by atoms with Gasteiger partial charge < -0.3 is 19.3 Å². The first kappa shape index (κ1) is 20.3. The lowest BCUT2D eigenvalue weighted by Crippen LogP contribution is -2.49. The van der Waals surface area contributed by atoms with Gasteiger partial charge in [-0.05, 0) is 35.4 Å². The minimum absolute atomic E-state index is 0.00855. The SMILES string of the molecule is O=C(c1ccc2c(c1)N(c1ncc(-c3cccc(F)c3)cn1)CC21COC1)N1CCOCC1. The molecule has 4 heterocycles. The van der Waals surface area contributed by atoms with Crippen LogP contribution in [-0.4, -0.2) is 66.8 Å². The molecule has 7 nitrogen and oxygen atoms in total. The largest absolute Gasteiger partial charge is 0.379 e. The fraction of sp³-hybridized carbons (Fsp3) is 0.320. The van der Waals surface area contributed by atoms with Crippen molar-refractivity contribution >= 4 is 17.5 Å². The number of amides is 1. The minimum atomic E-state index is -0.297. The summed E-state index contributed by atoms with van der Waals surface area (Å²) >= 11 is 0. The molecule has 2 aromatic carbocycles. The van der Waals surface area contributed by atoms with Gasteiger partial charge in [-0.15, -0.1) is 0 Å². The van der Waals surface area contributed by atoms with E-state index < -0.39 is 0 Å². The van der Waals surface area contributed by atoms with Crippen molar-refractivity contribution in [3.8, 4) is 11.1 Å². The molecular weight excluding hydrogens is 423 g/mol. The fourth-order valence-electron chi connectivity index (χ4n) is 4.81. The lowest BCUT2D eigenvalue weighted by Gasteiger charge is -2.38. The number of carbonyl (C=O) groups excluding carboxylic acids is 1. The molecule has 6 rings (SSSR count). The lowest BCUT2D eigenvalue weighted by molar-refractivity contribution is -0.0507. The molecule has 0 N–H and O–H groups in total. The molecule has 0 aliphatic carbocycles. The maximum Gasteiger partial charge on any atom is 0.254 e. The average molecular weight is 446 g/mol. The van der Waals surface area contributed by atoms with Crippen LogP contribution in [0.1, 0.15) is 15.9 Å². The van der Waals surface area contributed by atoms with E-state index in [4.69, 9.17) is 9.47 Å². The van der Waals surface area contributed by atoms with Crippen molar-refractivity contribution in [2.75, 3.05) is 51.0 Å². The second kappa shape index (κ2) is 7.90. The van der Waals surface area contributed by atoms with Crippen LogP contribution in [0, 0.1) is 5.82 Å². The number of halogens is 1. The van der Waals surface area contributed by atoms with Crippen LogP contribution in [0.3, 0.4) is 0 Å². The quantitative estimate of drug-likeness (QED) is 0.616. The Kier molecular flexibility index (Phi) is 4.85. The molecule has 1 spiro atoms. The Morgan fingerprint density at radius 3 is 2.45 bits per heavy atom. The molecular formula is C25H23FN4O3. The van der Waals surface area contributed by atoms with Crippen LogP contribution in [0.15, 0.2) is 54.9 Å². The highest BCUT2D eigenvalue weighted by Gasteiger charge is 2.49. The van der Waals surface area contributed by atoms with Gasteiger partial charge in [-0.25, -0.2) is 14.4 Å². The zero-order valence-electron chi connectivity index (χ0n) is 18.0. The fourth-order valence-corrected chi connectivity index (χ4v) is 4.81. The molecule has 168 valence electrons. The molecule has 2 fully saturated rings. The van der Waals surface area contributed by atoms with E-state index in [1.54, 1.807) is 18.5 Å². The highest BCUT2D eigenvalue weighted by molar-refractivity contribution is 5.96. The van der Waals surface area contributed by atoms with Crippen LogP contribution >= 0.6 is 0 Å². The molecule has 8 heteroatoms. The highest BCUT2D eigenvalue weighted by atomic mass is 19.1. The number of morpholine rings is 1. The zero-order valence-corrected chi connectivity index (χ0v) is 18.0. The van der Waals surface area contributed by atoms with E-state index in [0.29, 0.717) is 57.6 Å². The first-order chi connectivity index (χ1) is 16.1. The summed E-state index contributed by atoms with van der Waals surface area (Å²) in [6.45, 7) is 4.29. The standard InChI is InChI=1S/C25H23FN4O3/c26-20-3-1-2-17(10-20)19-12-27-24(28-13-19)30-14-25(15-33-16-25)21-5-4-18(11-22(21)30)23(31)29-6-8-32-9-7-29/h1-5,10-13H,6-9,14-16H2. The van der Waals surface area contributed by atoms with Crippen molar-refractivity contribution in [1.29, 1.82) is 0 Å². The molecule has 0 unspecified atom stereocenters. The molecule has 1 amide bonds. The summed E-state index contributed by atoms with van der Waals surface area (Å²) in [6.07, 6.45) is 3.42. The molecule has 3 aliphatic heterocycles. The third-order valence-corrected chi connectivity index (χ3v) is 6.66. The summed E-state index contributed by atoms with van der Waals surface area (Å²) in [5.74, 6) is 0.264. The van der Waals surface area contributed by atoms with Gasteiger partial charge in [0.05, 0.1) is 31.8 Å². The van der Waals surface area contributed by atoms with Crippen molar-refractivity contribution in [3.05, 3.63) is 71.8 Å². The third-order valence-electron chi connectivity index (χ3n) is 6.66. The van der Waals surface area contributed by atoms with E-state index in [-0.39, 0.29) is 17.1 Å². The van der Waals surface area contributed by atoms with Crippen LogP contribution in [0.4, 0.5) is 16.0 Å². The van der Waals surface area contributed by atoms with E-state index >= 15 is 0 Å².